The Labute approximate surface area is 107 Å². The Morgan fingerprint density at radius 3 is 2.72 bits per heavy atom. The lowest BCUT2D eigenvalue weighted by atomic mass is 10.2. The molecule has 0 aliphatic carbocycles. The monoisotopic (exact) mass is 243 g/mol. The molecule has 0 radical (unpaired) electrons. The minimum atomic E-state index is 0.691. The lowest BCUT2D eigenvalue weighted by Gasteiger charge is -2.10. The van der Waals surface area contributed by atoms with Gasteiger partial charge in [0.1, 0.15) is 11.6 Å². The van der Waals surface area contributed by atoms with Gasteiger partial charge in [0, 0.05) is 11.9 Å². The Bertz CT molecular complexity index is 540. The Hall–Kier alpha value is -2.10. The zero-order valence-corrected chi connectivity index (χ0v) is 10.9. The molecule has 0 bridgehead atoms. The van der Waals surface area contributed by atoms with Crippen LogP contribution in [0.1, 0.15) is 17.1 Å². The first kappa shape index (κ1) is 12.4. The van der Waals surface area contributed by atoms with Crippen molar-refractivity contribution < 1.29 is 4.74 Å². The smallest absolute Gasteiger partial charge is 0.125 e. The summed E-state index contributed by atoms with van der Waals surface area (Å²) in [7, 11) is 1.67. The Balaban J connectivity index is 2.06. The molecule has 0 atom stereocenters. The van der Waals surface area contributed by atoms with Gasteiger partial charge >= 0.3 is 0 Å². The number of hydrogen-bond acceptors (Lipinski definition) is 4. The zero-order valence-electron chi connectivity index (χ0n) is 10.9. The molecule has 0 saturated carbocycles. The number of methoxy groups -OCH3 is 1. The van der Waals surface area contributed by atoms with Crippen molar-refractivity contribution in [2.24, 2.45) is 0 Å². The van der Waals surface area contributed by atoms with E-state index < -0.39 is 0 Å². The SMILES string of the molecule is COc1ccc(NCc2ccnc(C)n2)c(C)c1. The summed E-state index contributed by atoms with van der Waals surface area (Å²) in [6.07, 6.45) is 1.78. The molecule has 0 saturated heterocycles. The fourth-order valence-electron chi connectivity index (χ4n) is 1.75. The average Bonchev–Trinajstić information content (AvgIpc) is 2.37. The van der Waals surface area contributed by atoms with Gasteiger partial charge in [-0.1, -0.05) is 0 Å². The highest BCUT2D eigenvalue weighted by Gasteiger charge is 2.01. The van der Waals surface area contributed by atoms with E-state index in [0.29, 0.717) is 6.54 Å². The quantitative estimate of drug-likeness (QED) is 0.897. The minimum Gasteiger partial charge on any atom is -0.497 e. The molecule has 0 fully saturated rings. The number of rotatable bonds is 4. The molecule has 4 nitrogen and oxygen atoms in total. The van der Waals surface area contributed by atoms with E-state index in [9.17, 15) is 0 Å². The van der Waals surface area contributed by atoms with Crippen molar-refractivity contribution in [2.75, 3.05) is 12.4 Å². The minimum absolute atomic E-state index is 0.691. The van der Waals surface area contributed by atoms with E-state index in [2.05, 4.69) is 22.2 Å². The van der Waals surface area contributed by atoms with Crippen LogP contribution in [0.3, 0.4) is 0 Å². The molecular weight excluding hydrogens is 226 g/mol. The molecule has 0 amide bonds. The van der Waals surface area contributed by atoms with Crippen LogP contribution in [0.5, 0.6) is 5.75 Å². The number of nitrogens with one attached hydrogen (secondary N) is 1. The van der Waals surface area contributed by atoms with Gasteiger partial charge in [0.2, 0.25) is 0 Å². The molecule has 18 heavy (non-hydrogen) atoms. The molecule has 0 unspecified atom stereocenters. The summed E-state index contributed by atoms with van der Waals surface area (Å²) in [6.45, 7) is 4.63. The molecular formula is C14H17N3O. The summed E-state index contributed by atoms with van der Waals surface area (Å²) < 4.78 is 5.18. The molecule has 1 heterocycles. The van der Waals surface area contributed by atoms with E-state index in [1.807, 2.05) is 31.2 Å². The highest BCUT2D eigenvalue weighted by atomic mass is 16.5. The highest BCUT2D eigenvalue weighted by molar-refractivity contribution is 5.53. The summed E-state index contributed by atoms with van der Waals surface area (Å²) in [4.78, 5) is 8.43. The predicted molar refractivity (Wildman–Crippen MR) is 71.8 cm³/mol. The van der Waals surface area contributed by atoms with Crippen LogP contribution in [-0.4, -0.2) is 17.1 Å². The number of aromatic nitrogens is 2. The number of aryl methyl sites for hydroxylation is 2. The summed E-state index contributed by atoms with van der Waals surface area (Å²) in [5.41, 5.74) is 3.23. The first-order valence-electron chi connectivity index (χ1n) is 5.86. The molecule has 1 aromatic carbocycles. The van der Waals surface area contributed by atoms with Crippen molar-refractivity contribution in [3.05, 3.63) is 47.5 Å². The van der Waals surface area contributed by atoms with E-state index in [4.69, 9.17) is 4.74 Å². The number of anilines is 1. The topological polar surface area (TPSA) is 47.0 Å². The maximum atomic E-state index is 5.18. The molecule has 1 aromatic heterocycles. The van der Waals surface area contributed by atoms with Gasteiger partial charge in [-0.05, 0) is 43.7 Å². The normalized spacial score (nSPS) is 10.2. The number of ether oxygens (including phenoxy) is 1. The van der Waals surface area contributed by atoms with Gasteiger partial charge in [0.15, 0.2) is 0 Å². The van der Waals surface area contributed by atoms with Crippen molar-refractivity contribution in [2.45, 2.75) is 20.4 Å². The number of hydrogen-bond donors (Lipinski definition) is 1. The standard InChI is InChI=1S/C14H17N3O/c1-10-8-13(18-3)4-5-14(10)16-9-12-6-7-15-11(2)17-12/h4-8,16H,9H2,1-3H3. The van der Waals surface area contributed by atoms with E-state index in [1.54, 1.807) is 13.3 Å². The van der Waals surface area contributed by atoms with Crippen molar-refractivity contribution in [3.63, 3.8) is 0 Å². The largest absolute Gasteiger partial charge is 0.497 e. The van der Waals surface area contributed by atoms with Crippen molar-refractivity contribution in [1.82, 2.24) is 9.97 Å². The predicted octanol–water partition coefficient (Wildman–Crippen LogP) is 2.71. The molecule has 4 heteroatoms. The lowest BCUT2D eigenvalue weighted by molar-refractivity contribution is 0.414. The van der Waals surface area contributed by atoms with Crippen LogP contribution < -0.4 is 10.1 Å². The second kappa shape index (κ2) is 5.49. The third-order valence-corrected chi connectivity index (χ3v) is 2.73. The van der Waals surface area contributed by atoms with E-state index in [-0.39, 0.29) is 0 Å². The van der Waals surface area contributed by atoms with Gasteiger partial charge in [-0.3, -0.25) is 0 Å². The summed E-state index contributed by atoms with van der Waals surface area (Å²) in [5, 5.41) is 3.36. The number of benzene rings is 1. The van der Waals surface area contributed by atoms with Gasteiger partial charge in [-0.25, -0.2) is 9.97 Å². The molecule has 0 aliphatic heterocycles. The van der Waals surface area contributed by atoms with Crippen LogP contribution in [0, 0.1) is 13.8 Å². The van der Waals surface area contributed by atoms with E-state index in [1.165, 1.54) is 0 Å². The van der Waals surface area contributed by atoms with Crippen LogP contribution in [0.15, 0.2) is 30.5 Å². The third-order valence-electron chi connectivity index (χ3n) is 2.73. The Morgan fingerprint density at radius 1 is 1.22 bits per heavy atom. The molecule has 94 valence electrons. The zero-order chi connectivity index (χ0) is 13.0. The van der Waals surface area contributed by atoms with Crippen LogP contribution in [0.25, 0.3) is 0 Å². The summed E-state index contributed by atoms with van der Waals surface area (Å²) >= 11 is 0. The van der Waals surface area contributed by atoms with Gasteiger partial charge in [0.05, 0.1) is 19.3 Å². The lowest BCUT2D eigenvalue weighted by Crippen LogP contribution is -2.04. The molecule has 1 N–H and O–H groups in total. The van der Waals surface area contributed by atoms with Crippen LogP contribution in [0.4, 0.5) is 5.69 Å². The Morgan fingerprint density at radius 2 is 2.06 bits per heavy atom. The van der Waals surface area contributed by atoms with Crippen LogP contribution in [-0.2, 0) is 6.54 Å². The van der Waals surface area contributed by atoms with Crippen molar-refractivity contribution in [3.8, 4) is 5.75 Å². The summed E-state index contributed by atoms with van der Waals surface area (Å²) in [5.74, 6) is 1.66. The van der Waals surface area contributed by atoms with Crippen LogP contribution in [0.2, 0.25) is 0 Å². The second-order valence-corrected chi connectivity index (χ2v) is 4.13. The first-order valence-corrected chi connectivity index (χ1v) is 5.86. The Kier molecular flexibility index (Phi) is 3.77. The highest BCUT2D eigenvalue weighted by Crippen LogP contribution is 2.21. The van der Waals surface area contributed by atoms with E-state index >= 15 is 0 Å². The van der Waals surface area contributed by atoms with Crippen LogP contribution >= 0.6 is 0 Å². The maximum Gasteiger partial charge on any atom is 0.125 e. The fraction of sp³-hybridized carbons (Fsp3) is 0.286. The maximum absolute atomic E-state index is 5.18. The van der Waals surface area contributed by atoms with E-state index in [0.717, 1.165) is 28.5 Å². The molecule has 2 rings (SSSR count). The fourth-order valence-corrected chi connectivity index (χ4v) is 1.75. The van der Waals surface area contributed by atoms with Crippen molar-refractivity contribution in [1.29, 1.82) is 0 Å². The molecule has 0 spiro atoms. The first-order chi connectivity index (χ1) is 8.69. The number of nitrogens with zero attached hydrogens (tertiary/aromatic N) is 2. The second-order valence-electron chi connectivity index (χ2n) is 4.13. The van der Waals surface area contributed by atoms with Gasteiger partial charge in [-0.2, -0.15) is 0 Å². The molecule has 2 aromatic rings. The van der Waals surface area contributed by atoms with Gasteiger partial charge < -0.3 is 10.1 Å². The average molecular weight is 243 g/mol. The van der Waals surface area contributed by atoms with Gasteiger partial charge in [-0.15, -0.1) is 0 Å². The summed E-state index contributed by atoms with van der Waals surface area (Å²) in [6, 6.07) is 7.88. The van der Waals surface area contributed by atoms with Crippen molar-refractivity contribution >= 4 is 5.69 Å². The molecule has 0 aliphatic rings. The third kappa shape index (κ3) is 2.97. The van der Waals surface area contributed by atoms with Gasteiger partial charge in [0.25, 0.3) is 0 Å².